The highest BCUT2D eigenvalue weighted by atomic mass is 16.2. The number of hydrogen-bond acceptors (Lipinski definition) is 3. The molecule has 1 fully saturated rings. The first kappa shape index (κ1) is 16.5. The Balaban J connectivity index is 1.57. The molecule has 1 aromatic heterocycles. The van der Waals surface area contributed by atoms with E-state index in [-0.39, 0.29) is 5.91 Å². The van der Waals surface area contributed by atoms with Gasteiger partial charge in [0.2, 0.25) is 5.91 Å². The molecule has 3 rings (SSSR count). The molecule has 1 aromatic carbocycles. The topological polar surface area (TPSA) is 36.4 Å². The fourth-order valence-electron chi connectivity index (χ4n) is 3.22. The van der Waals surface area contributed by atoms with Crippen LogP contribution in [0.3, 0.4) is 0 Å². The number of pyridine rings is 1. The van der Waals surface area contributed by atoms with Gasteiger partial charge in [0.05, 0.1) is 6.42 Å². The fourth-order valence-corrected chi connectivity index (χ4v) is 3.22. The van der Waals surface area contributed by atoms with E-state index in [4.69, 9.17) is 4.98 Å². The normalized spacial score (nSPS) is 15.3. The summed E-state index contributed by atoms with van der Waals surface area (Å²) in [4.78, 5) is 21.2. The van der Waals surface area contributed by atoms with Crippen molar-refractivity contribution in [1.29, 1.82) is 0 Å². The Morgan fingerprint density at radius 1 is 1.08 bits per heavy atom. The molecule has 0 aliphatic carbocycles. The Hall–Kier alpha value is -2.36. The van der Waals surface area contributed by atoms with E-state index >= 15 is 0 Å². The third kappa shape index (κ3) is 3.94. The van der Waals surface area contributed by atoms with Gasteiger partial charge in [0.25, 0.3) is 0 Å². The molecule has 4 nitrogen and oxygen atoms in total. The van der Waals surface area contributed by atoms with Crippen molar-refractivity contribution in [3.63, 3.8) is 0 Å². The van der Waals surface area contributed by atoms with Gasteiger partial charge in [0, 0.05) is 38.8 Å². The Morgan fingerprint density at radius 2 is 1.79 bits per heavy atom. The Labute approximate surface area is 144 Å². The highest BCUT2D eigenvalue weighted by molar-refractivity contribution is 5.78. The molecule has 0 N–H and O–H groups in total. The van der Waals surface area contributed by atoms with Gasteiger partial charge in [-0.2, -0.15) is 0 Å². The van der Waals surface area contributed by atoms with E-state index in [1.807, 2.05) is 60.3 Å². The predicted octanol–water partition coefficient (Wildman–Crippen LogP) is 3.10. The molecule has 2 heterocycles. The molecule has 1 saturated heterocycles. The lowest BCUT2D eigenvalue weighted by molar-refractivity contribution is -0.131. The second-order valence-electron chi connectivity index (χ2n) is 6.63. The zero-order valence-electron chi connectivity index (χ0n) is 14.5. The molecule has 0 atom stereocenters. The first-order chi connectivity index (χ1) is 11.6. The van der Waals surface area contributed by atoms with Crippen molar-refractivity contribution in [3.8, 4) is 0 Å². The van der Waals surface area contributed by atoms with Gasteiger partial charge in [0.1, 0.15) is 5.82 Å². The maximum atomic E-state index is 12.5. The van der Waals surface area contributed by atoms with E-state index in [0.717, 1.165) is 43.0 Å². The molecule has 4 heteroatoms. The van der Waals surface area contributed by atoms with Crippen LogP contribution in [-0.2, 0) is 11.2 Å². The van der Waals surface area contributed by atoms with Gasteiger partial charge < -0.3 is 9.80 Å². The lowest BCUT2D eigenvalue weighted by atomic mass is 9.92. The molecule has 0 bridgehead atoms. The van der Waals surface area contributed by atoms with Crippen LogP contribution in [0.1, 0.15) is 30.0 Å². The monoisotopic (exact) mass is 323 g/mol. The maximum absolute atomic E-state index is 12.5. The number of rotatable bonds is 4. The van der Waals surface area contributed by atoms with E-state index in [2.05, 4.69) is 12.1 Å². The van der Waals surface area contributed by atoms with Crippen molar-refractivity contribution in [3.05, 3.63) is 59.8 Å². The molecule has 1 amide bonds. The van der Waals surface area contributed by atoms with Crippen LogP contribution in [0.2, 0.25) is 0 Å². The number of aromatic nitrogens is 1. The standard InChI is InChI=1S/C20H25N3O/c1-22(2)19-10-6-9-18(21-19)17-11-13-23(14-12-17)20(24)15-16-7-4-3-5-8-16/h3-10,17H,11-15H2,1-2H3. The predicted molar refractivity (Wildman–Crippen MR) is 97.3 cm³/mol. The van der Waals surface area contributed by atoms with Crippen LogP contribution in [0.15, 0.2) is 48.5 Å². The number of anilines is 1. The fraction of sp³-hybridized carbons (Fsp3) is 0.400. The number of benzene rings is 1. The van der Waals surface area contributed by atoms with Crippen LogP contribution < -0.4 is 4.90 Å². The first-order valence-corrected chi connectivity index (χ1v) is 8.59. The summed E-state index contributed by atoms with van der Waals surface area (Å²) in [5, 5.41) is 0. The molecule has 0 saturated carbocycles. The summed E-state index contributed by atoms with van der Waals surface area (Å²) in [5.41, 5.74) is 2.24. The SMILES string of the molecule is CN(C)c1cccc(C2CCN(C(=O)Cc3ccccc3)CC2)n1. The molecule has 1 aliphatic rings. The van der Waals surface area contributed by atoms with Gasteiger partial charge in [0.15, 0.2) is 0 Å². The van der Waals surface area contributed by atoms with Gasteiger partial charge >= 0.3 is 0 Å². The Morgan fingerprint density at radius 3 is 2.46 bits per heavy atom. The second-order valence-corrected chi connectivity index (χ2v) is 6.63. The first-order valence-electron chi connectivity index (χ1n) is 8.59. The van der Waals surface area contributed by atoms with Crippen molar-refractivity contribution < 1.29 is 4.79 Å². The molecule has 24 heavy (non-hydrogen) atoms. The van der Waals surface area contributed by atoms with E-state index in [0.29, 0.717) is 12.3 Å². The lowest BCUT2D eigenvalue weighted by Gasteiger charge is -2.32. The maximum Gasteiger partial charge on any atom is 0.226 e. The van der Waals surface area contributed by atoms with Gasteiger partial charge in [-0.1, -0.05) is 36.4 Å². The number of likely N-dealkylation sites (tertiary alicyclic amines) is 1. The van der Waals surface area contributed by atoms with E-state index in [9.17, 15) is 4.79 Å². The molecule has 0 unspecified atom stereocenters. The molecule has 0 spiro atoms. The summed E-state index contributed by atoms with van der Waals surface area (Å²) in [6.45, 7) is 1.65. The van der Waals surface area contributed by atoms with Crippen LogP contribution in [-0.4, -0.2) is 43.0 Å². The van der Waals surface area contributed by atoms with Crippen LogP contribution in [0.4, 0.5) is 5.82 Å². The van der Waals surface area contributed by atoms with Gasteiger partial charge in [-0.25, -0.2) is 4.98 Å². The summed E-state index contributed by atoms with van der Waals surface area (Å²) < 4.78 is 0. The van der Waals surface area contributed by atoms with Crippen LogP contribution >= 0.6 is 0 Å². The zero-order valence-corrected chi connectivity index (χ0v) is 14.5. The minimum Gasteiger partial charge on any atom is -0.363 e. The van der Waals surface area contributed by atoms with Crippen LogP contribution in [0, 0.1) is 0 Å². The van der Waals surface area contributed by atoms with Gasteiger partial charge in [-0.3, -0.25) is 4.79 Å². The summed E-state index contributed by atoms with van der Waals surface area (Å²) in [6.07, 6.45) is 2.48. The lowest BCUT2D eigenvalue weighted by Crippen LogP contribution is -2.39. The van der Waals surface area contributed by atoms with E-state index < -0.39 is 0 Å². The van der Waals surface area contributed by atoms with Crippen molar-refractivity contribution in [2.75, 3.05) is 32.1 Å². The summed E-state index contributed by atoms with van der Waals surface area (Å²) in [5.74, 6) is 1.68. The average molecular weight is 323 g/mol. The number of amides is 1. The third-order valence-electron chi connectivity index (χ3n) is 4.68. The number of piperidine rings is 1. The highest BCUT2D eigenvalue weighted by Crippen LogP contribution is 2.28. The van der Waals surface area contributed by atoms with Gasteiger partial charge in [-0.05, 0) is 30.5 Å². The summed E-state index contributed by atoms with van der Waals surface area (Å²) >= 11 is 0. The number of hydrogen-bond donors (Lipinski definition) is 0. The summed E-state index contributed by atoms with van der Waals surface area (Å²) in [6, 6.07) is 16.2. The molecule has 0 radical (unpaired) electrons. The largest absolute Gasteiger partial charge is 0.363 e. The molecule has 126 valence electrons. The van der Waals surface area contributed by atoms with Gasteiger partial charge in [-0.15, -0.1) is 0 Å². The summed E-state index contributed by atoms with van der Waals surface area (Å²) in [7, 11) is 4.02. The highest BCUT2D eigenvalue weighted by Gasteiger charge is 2.24. The molecule has 1 aliphatic heterocycles. The molecular weight excluding hydrogens is 298 g/mol. The zero-order chi connectivity index (χ0) is 16.9. The minimum absolute atomic E-state index is 0.231. The quantitative estimate of drug-likeness (QED) is 0.867. The molecular formula is C20H25N3O. The molecule has 2 aromatic rings. The number of nitrogens with zero attached hydrogens (tertiary/aromatic N) is 3. The second kappa shape index (κ2) is 7.47. The minimum atomic E-state index is 0.231. The van der Waals surface area contributed by atoms with E-state index in [1.165, 1.54) is 0 Å². The third-order valence-corrected chi connectivity index (χ3v) is 4.68. The van der Waals surface area contributed by atoms with Crippen molar-refractivity contribution in [2.24, 2.45) is 0 Å². The average Bonchev–Trinajstić information content (AvgIpc) is 2.63. The van der Waals surface area contributed by atoms with Crippen molar-refractivity contribution in [1.82, 2.24) is 9.88 Å². The van der Waals surface area contributed by atoms with Crippen LogP contribution in [0.25, 0.3) is 0 Å². The van der Waals surface area contributed by atoms with Crippen molar-refractivity contribution >= 4 is 11.7 Å². The van der Waals surface area contributed by atoms with Crippen molar-refractivity contribution in [2.45, 2.75) is 25.2 Å². The van der Waals surface area contributed by atoms with E-state index in [1.54, 1.807) is 0 Å². The number of carbonyl (C=O) groups is 1. The Kier molecular flexibility index (Phi) is 5.14. The number of carbonyl (C=O) groups excluding carboxylic acids is 1. The van der Waals surface area contributed by atoms with Crippen LogP contribution in [0.5, 0.6) is 0 Å². The Bertz CT molecular complexity index is 676. The smallest absolute Gasteiger partial charge is 0.226 e.